The summed E-state index contributed by atoms with van der Waals surface area (Å²) in [6.45, 7) is 4.18. The average molecular weight is 292 g/mol. The van der Waals surface area contributed by atoms with Crippen molar-refractivity contribution in [1.29, 1.82) is 0 Å². The minimum Gasteiger partial charge on any atom is -0.464 e. The highest BCUT2D eigenvalue weighted by molar-refractivity contribution is 5.81. The van der Waals surface area contributed by atoms with Crippen LogP contribution >= 0.6 is 0 Å². The van der Waals surface area contributed by atoms with Crippen LogP contribution in [0.1, 0.15) is 25.5 Å². The van der Waals surface area contributed by atoms with Crippen LogP contribution in [-0.4, -0.2) is 31.8 Å². The number of esters is 2. The molecule has 0 radical (unpaired) electrons. The van der Waals surface area contributed by atoms with Crippen LogP contribution in [0, 0.1) is 0 Å². The highest BCUT2D eigenvalue weighted by atomic mass is 16.6. The first-order valence-electron chi connectivity index (χ1n) is 6.85. The lowest BCUT2D eigenvalue weighted by atomic mass is 10.1. The predicted molar refractivity (Wildman–Crippen MR) is 77.5 cm³/mol. The van der Waals surface area contributed by atoms with E-state index in [1.807, 2.05) is 18.2 Å². The average Bonchev–Trinajstić information content (AvgIpc) is 2.48. The van der Waals surface area contributed by atoms with Crippen molar-refractivity contribution in [3.63, 3.8) is 0 Å². The van der Waals surface area contributed by atoms with Crippen LogP contribution in [0.3, 0.4) is 0 Å². The molecule has 114 valence electrons. The SMILES string of the molecule is CCOC(=O)C=CCOC(C(=O)OCC)c1ccccc1. The monoisotopic (exact) mass is 292 g/mol. The molecule has 0 aromatic heterocycles. The topological polar surface area (TPSA) is 61.8 Å². The summed E-state index contributed by atoms with van der Waals surface area (Å²) in [6.07, 6.45) is 1.97. The van der Waals surface area contributed by atoms with E-state index in [1.165, 1.54) is 12.2 Å². The molecule has 0 spiro atoms. The van der Waals surface area contributed by atoms with E-state index in [2.05, 4.69) is 0 Å². The number of ether oxygens (including phenoxy) is 3. The molecule has 0 heterocycles. The summed E-state index contributed by atoms with van der Waals surface area (Å²) >= 11 is 0. The van der Waals surface area contributed by atoms with E-state index >= 15 is 0 Å². The van der Waals surface area contributed by atoms with Gasteiger partial charge in [-0.05, 0) is 19.4 Å². The molecule has 0 aliphatic carbocycles. The molecule has 0 aliphatic rings. The summed E-state index contributed by atoms with van der Waals surface area (Å²) in [6, 6.07) is 9.07. The molecule has 0 aliphatic heterocycles. The molecule has 0 saturated carbocycles. The van der Waals surface area contributed by atoms with Gasteiger partial charge in [-0.1, -0.05) is 36.4 Å². The Bertz CT molecular complexity index is 467. The third-order valence-corrected chi connectivity index (χ3v) is 2.50. The molecule has 1 unspecified atom stereocenters. The van der Waals surface area contributed by atoms with Gasteiger partial charge in [0.1, 0.15) is 0 Å². The predicted octanol–water partition coefficient (Wildman–Crippen LogP) is 2.43. The molecule has 21 heavy (non-hydrogen) atoms. The van der Waals surface area contributed by atoms with Crippen LogP contribution in [0.5, 0.6) is 0 Å². The molecule has 0 saturated heterocycles. The van der Waals surface area contributed by atoms with Crippen LogP contribution in [0.15, 0.2) is 42.5 Å². The molecule has 0 N–H and O–H groups in total. The molecule has 0 fully saturated rings. The normalized spacial score (nSPS) is 12.1. The maximum Gasteiger partial charge on any atom is 0.339 e. The maximum atomic E-state index is 11.9. The number of carbonyl (C=O) groups excluding carboxylic acids is 2. The number of hydrogen-bond acceptors (Lipinski definition) is 5. The first kappa shape index (κ1) is 16.9. The van der Waals surface area contributed by atoms with Crippen molar-refractivity contribution in [2.24, 2.45) is 0 Å². The molecule has 1 aromatic rings. The second-order valence-corrected chi connectivity index (χ2v) is 4.03. The van der Waals surface area contributed by atoms with Gasteiger partial charge < -0.3 is 14.2 Å². The molecular formula is C16H20O5. The van der Waals surface area contributed by atoms with Gasteiger partial charge in [0.2, 0.25) is 0 Å². The van der Waals surface area contributed by atoms with Gasteiger partial charge >= 0.3 is 11.9 Å². The largest absolute Gasteiger partial charge is 0.464 e. The Kier molecular flexibility index (Phi) is 7.82. The Labute approximate surface area is 124 Å². The molecule has 1 atom stereocenters. The second-order valence-electron chi connectivity index (χ2n) is 4.03. The van der Waals surface area contributed by atoms with E-state index in [1.54, 1.807) is 26.0 Å². The Morgan fingerprint density at radius 3 is 2.38 bits per heavy atom. The number of benzene rings is 1. The van der Waals surface area contributed by atoms with Gasteiger partial charge in [-0.3, -0.25) is 0 Å². The van der Waals surface area contributed by atoms with Gasteiger partial charge in [0.15, 0.2) is 6.10 Å². The zero-order valence-electron chi connectivity index (χ0n) is 12.3. The van der Waals surface area contributed by atoms with Crippen molar-refractivity contribution in [3.05, 3.63) is 48.0 Å². The summed E-state index contributed by atoms with van der Waals surface area (Å²) in [5.41, 5.74) is 0.709. The van der Waals surface area contributed by atoms with Crippen molar-refractivity contribution >= 4 is 11.9 Å². The molecule has 5 nitrogen and oxygen atoms in total. The van der Waals surface area contributed by atoms with Crippen LogP contribution in [-0.2, 0) is 23.8 Å². The van der Waals surface area contributed by atoms with E-state index in [-0.39, 0.29) is 13.2 Å². The van der Waals surface area contributed by atoms with E-state index in [0.717, 1.165) is 0 Å². The minimum absolute atomic E-state index is 0.108. The smallest absolute Gasteiger partial charge is 0.339 e. The number of hydrogen-bond donors (Lipinski definition) is 0. The van der Waals surface area contributed by atoms with Crippen molar-refractivity contribution in [1.82, 2.24) is 0 Å². The molecule has 1 aromatic carbocycles. The highest BCUT2D eigenvalue weighted by Crippen LogP contribution is 2.18. The van der Waals surface area contributed by atoms with E-state index in [9.17, 15) is 9.59 Å². The molecule has 0 amide bonds. The Hall–Kier alpha value is -2.14. The zero-order valence-corrected chi connectivity index (χ0v) is 12.3. The Morgan fingerprint density at radius 1 is 1.10 bits per heavy atom. The van der Waals surface area contributed by atoms with Gasteiger partial charge in [0.05, 0.1) is 19.8 Å². The fourth-order valence-corrected chi connectivity index (χ4v) is 1.63. The lowest BCUT2D eigenvalue weighted by Gasteiger charge is -2.15. The summed E-state index contributed by atoms with van der Waals surface area (Å²) in [5.74, 6) is -0.887. The van der Waals surface area contributed by atoms with E-state index < -0.39 is 18.0 Å². The summed E-state index contributed by atoms with van der Waals surface area (Å²) in [5, 5.41) is 0. The van der Waals surface area contributed by atoms with Gasteiger partial charge in [-0.25, -0.2) is 9.59 Å². The number of rotatable bonds is 8. The van der Waals surface area contributed by atoms with E-state index in [4.69, 9.17) is 14.2 Å². The Balaban J connectivity index is 2.62. The molecule has 0 bridgehead atoms. The highest BCUT2D eigenvalue weighted by Gasteiger charge is 2.21. The van der Waals surface area contributed by atoms with Gasteiger partial charge in [0, 0.05) is 6.08 Å². The fraction of sp³-hybridized carbons (Fsp3) is 0.375. The third-order valence-electron chi connectivity index (χ3n) is 2.50. The Morgan fingerprint density at radius 2 is 1.76 bits per heavy atom. The second kappa shape index (κ2) is 9.72. The summed E-state index contributed by atoms with van der Waals surface area (Å²) in [4.78, 5) is 23.0. The quantitative estimate of drug-likeness (QED) is 0.544. The third kappa shape index (κ3) is 6.23. The zero-order chi connectivity index (χ0) is 15.5. The van der Waals surface area contributed by atoms with Crippen LogP contribution in [0.2, 0.25) is 0 Å². The van der Waals surface area contributed by atoms with E-state index in [0.29, 0.717) is 12.2 Å². The van der Waals surface area contributed by atoms with Gasteiger partial charge in [-0.15, -0.1) is 0 Å². The first-order chi connectivity index (χ1) is 10.2. The van der Waals surface area contributed by atoms with Gasteiger partial charge in [-0.2, -0.15) is 0 Å². The lowest BCUT2D eigenvalue weighted by molar-refractivity contribution is -0.156. The minimum atomic E-state index is -0.807. The summed E-state index contributed by atoms with van der Waals surface area (Å²) in [7, 11) is 0. The van der Waals surface area contributed by atoms with Crippen molar-refractivity contribution in [3.8, 4) is 0 Å². The molecule has 5 heteroatoms. The molecular weight excluding hydrogens is 272 g/mol. The van der Waals surface area contributed by atoms with Crippen molar-refractivity contribution < 1.29 is 23.8 Å². The number of carbonyl (C=O) groups is 2. The maximum absolute atomic E-state index is 11.9. The van der Waals surface area contributed by atoms with Crippen molar-refractivity contribution in [2.75, 3.05) is 19.8 Å². The standard InChI is InChI=1S/C16H20O5/c1-3-19-14(17)11-8-12-21-15(16(18)20-4-2)13-9-6-5-7-10-13/h5-11,15H,3-4,12H2,1-2H3. The lowest BCUT2D eigenvalue weighted by Crippen LogP contribution is -2.19. The van der Waals surface area contributed by atoms with Crippen molar-refractivity contribution in [2.45, 2.75) is 20.0 Å². The van der Waals surface area contributed by atoms with Crippen LogP contribution in [0.25, 0.3) is 0 Å². The fourth-order valence-electron chi connectivity index (χ4n) is 1.63. The summed E-state index contributed by atoms with van der Waals surface area (Å²) < 4.78 is 15.2. The molecule has 1 rings (SSSR count). The first-order valence-corrected chi connectivity index (χ1v) is 6.85. The van der Waals surface area contributed by atoms with Crippen LogP contribution in [0.4, 0.5) is 0 Å². The van der Waals surface area contributed by atoms with Crippen LogP contribution < -0.4 is 0 Å². The van der Waals surface area contributed by atoms with Gasteiger partial charge in [0.25, 0.3) is 0 Å².